The van der Waals surface area contributed by atoms with E-state index in [2.05, 4.69) is 10.6 Å². The van der Waals surface area contributed by atoms with Crippen molar-refractivity contribution >= 4 is 47.2 Å². The summed E-state index contributed by atoms with van der Waals surface area (Å²) in [5.41, 5.74) is 6.90. The van der Waals surface area contributed by atoms with E-state index in [4.69, 9.17) is 10.5 Å². The van der Waals surface area contributed by atoms with E-state index in [0.717, 1.165) is 0 Å². The molecule has 2 aromatic rings. The maximum Gasteiger partial charge on any atom is 0.414 e. The lowest BCUT2D eigenvalue weighted by molar-refractivity contribution is -0.689. The highest BCUT2D eigenvalue weighted by Gasteiger charge is 2.54. The number of fused-ring (bicyclic) bond motifs is 1. The fourth-order valence-electron chi connectivity index (χ4n) is 5.00. The van der Waals surface area contributed by atoms with Crippen molar-refractivity contribution in [3.05, 3.63) is 59.8 Å². The molecule has 3 aliphatic rings. The van der Waals surface area contributed by atoms with Crippen molar-refractivity contribution in [2.75, 3.05) is 30.3 Å². The number of carboxylic acid groups (broad SMARTS) is 1. The van der Waals surface area contributed by atoms with Gasteiger partial charge in [-0.2, -0.15) is 0 Å². The highest BCUT2D eigenvalue weighted by molar-refractivity contribution is 8.00. The minimum atomic E-state index is -1.24. The van der Waals surface area contributed by atoms with Crippen LogP contribution in [0.15, 0.2) is 54.0 Å². The minimum Gasteiger partial charge on any atom is -0.477 e. The number of hydrogen-bond donors (Lipinski definition) is 4. The molecular formula is C27H28FN6O7S+. The summed E-state index contributed by atoms with van der Waals surface area (Å²) in [7, 11) is 0. The zero-order valence-corrected chi connectivity index (χ0v) is 23.2. The summed E-state index contributed by atoms with van der Waals surface area (Å²) in [6, 6.07) is 6.94. The lowest BCUT2D eigenvalue weighted by Gasteiger charge is -2.49. The number of ether oxygens (including phenoxy) is 1. The Balaban J connectivity index is 1.28. The summed E-state index contributed by atoms with van der Waals surface area (Å²) in [6.07, 6.45) is 2.18. The first kappa shape index (κ1) is 29.0. The molecule has 0 aliphatic carbocycles. The molecule has 13 nitrogen and oxygen atoms in total. The predicted octanol–water partition coefficient (Wildman–Crippen LogP) is -0.0612. The molecule has 5 rings (SSSR count). The van der Waals surface area contributed by atoms with Crippen LogP contribution in [-0.2, 0) is 30.5 Å². The maximum atomic E-state index is 15.1. The minimum absolute atomic E-state index is 0.111. The lowest BCUT2D eigenvalue weighted by atomic mass is 10.0. The first-order valence-corrected chi connectivity index (χ1v) is 14.0. The molecule has 4 heterocycles. The van der Waals surface area contributed by atoms with Crippen LogP contribution in [-0.4, -0.2) is 82.7 Å². The average Bonchev–Trinajstić information content (AvgIpc) is 3.35. The van der Waals surface area contributed by atoms with Gasteiger partial charge in [-0.25, -0.2) is 18.5 Å². The molecule has 1 aromatic heterocycles. The molecule has 0 spiro atoms. The number of pyridine rings is 1. The third kappa shape index (κ3) is 5.65. The van der Waals surface area contributed by atoms with Gasteiger partial charge in [-0.1, -0.05) is 0 Å². The molecule has 4 amide bonds. The number of cyclic esters (lactones) is 1. The van der Waals surface area contributed by atoms with E-state index < -0.39 is 47.2 Å². The van der Waals surface area contributed by atoms with Gasteiger partial charge in [0.25, 0.3) is 5.91 Å². The van der Waals surface area contributed by atoms with E-state index in [9.17, 15) is 29.1 Å². The number of hydrogen-bond acceptors (Lipinski definition) is 8. The maximum absolute atomic E-state index is 15.1. The van der Waals surface area contributed by atoms with Crippen molar-refractivity contribution in [2.24, 2.45) is 5.73 Å². The molecule has 220 valence electrons. The van der Waals surface area contributed by atoms with E-state index in [-0.39, 0.29) is 37.8 Å². The number of aliphatic carboxylic acids is 1. The number of anilines is 1. The second-order valence-electron chi connectivity index (χ2n) is 9.89. The number of carbonyl (C=O) groups excluding carboxylic acids is 4. The Morgan fingerprint density at radius 1 is 1.21 bits per heavy atom. The number of halogens is 1. The molecule has 2 fully saturated rings. The number of nitrogens with two attached hydrogens (primary N) is 1. The molecule has 3 atom stereocenters. The first-order chi connectivity index (χ1) is 20.1. The van der Waals surface area contributed by atoms with Crippen LogP contribution in [0, 0.1) is 5.82 Å². The zero-order chi connectivity index (χ0) is 30.1. The SMILES string of the molecule is CC(=O)NC[C@H]1CN(c2ccc(-c3cc[n+](CC4=C(C(=O)O)N5C(=O)[C@@H](NC(=O)CN)C5SC4)cc3)c(F)c2)C(=O)O1. The fraction of sp³-hybridized carbons (Fsp3) is 0.333. The van der Waals surface area contributed by atoms with Gasteiger partial charge in [0.2, 0.25) is 11.8 Å². The second kappa shape index (κ2) is 11.8. The monoisotopic (exact) mass is 599 g/mol. The third-order valence-corrected chi connectivity index (χ3v) is 8.38. The molecule has 2 saturated heterocycles. The molecule has 0 radical (unpaired) electrons. The first-order valence-electron chi connectivity index (χ1n) is 13.0. The summed E-state index contributed by atoms with van der Waals surface area (Å²) in [4.78, 5) is 62.3. The molecule has 3 aliphatic heterocycles. The zero-order valence-electron chi connectivity index (χ0n) is 22.4. The van der Waals surface area contributed by atoms with E-state index in [0.29, 0.717) is 28.1 Å². The topological polar surface area (TPSA) is 175 Å². The van der Waals surface area contributed by atoms with Crippen LogP contribution >= 0.6 is 11.8 Å². The number of amides is 4. The summed E-state index contributed by atoms with van der Waals surface area (Å²) in [5, 5.41) is 14.5. The van der Waals surface area contributed by atoms with Crippen LogP contribution in [0.4, 0.5) is 14.9 Å². The molecule has 42 heavy (non-hydrogen) atoms. The number of nitrogens with zero attached hydrogens (tertiary/aromatic N) is 3. The Morgan fingerprint density at radius 3 is 2.60 bits per heavy atom. The summed E-state index contributed by atoms with van der Waals surface area (Å²) >= 11 is 1.35. The highest BCUT2D eigenvalue weighted by Crippen LogP contribution is 2.40. The molecule has 1 unspecified atom stereocenters. The van der Waals surface area contributed by atoms with Crippen LogP contribution in [0.3, 0.4) is 0 Å². The van der Waals surface area contributed by atoms with Crippen LogP contribution in [0.25, 0.3) is 11.1 Å². The van der Waals surface area contributed by atoms with Gasteiger partial charge in [0.1, 0.15) is 29.0 Å². The summed E-state index contributed by atoms with van der Waals surface area (Å²) < 4.78 is 22.1. The van der Waals surface area contributed by atoms with Crippen LogP contribution < -0.4 is 25.8 Å². The molecule has 0 saturated carbocycles. The number of aromatic nitrogens is 1. The van der Waals surface area contributed by atoms with Gasteiger partial charge in [-0.3, -0.25) is 24.2 Å². The van der Waals surface area contributed by atoms with Crippen LogP contribution in [0.5, 0.6) is 0 Å². The van der Waals surface area contributed by atoms with Crippen molar-refractivity contribution < 1.29 is 42.8 Å². The van der Waals surface area contributed by atoms with Gasteiger partial charge in [-0.15, -0.1) is 11.8 Å². The van der Waals surface area contributed by atoms with Crippen LogP contribution in [0.2, 0.25) is 0 Å². The number of thioether (sulfide) groups is 1. The number of carbonyl (C=O) groups is 5. The van der Waals surface area contributed by atoms with Crippen molar-refractivity contribution in [1.29, 1.82) is 0 Å². The normalized spacial score (nSPS) is 21.5. The van der Waals surface area contributed by atoms with Crippen LogP contribution in [0.1, 0.15) is 6.92 Å². The van der Waals surface area contributed by atoms with E-state index >= 15 is 4.39 Å². The Labute approximate surface area is 243 Å². The number of carboxylic acids is 1. The van der Waals surface area contributed by atoms with Gasteiger partial charge >= 0.3 is 12.1 Å². The fourth-order valence-corrected chi connectivity index (χ4v) is 6.34. The summed E-state index contributed by atoms with van der Waals surface area (Å²) in [5.74, 6) is -2.71. The number of nitrogens with one attached hydrogen (secondary N) is 2. The average molecular weight is 600 g/mol. The number of benzene rings is 1. The number of rotatable bonds is 9. The Bertz CT molecular complexity index is 1500. The summed E-state index contributed by atoms with van der Waals surface area (Å²) in [6.45, 7) is 1.60. The van der Waals surface area contributed by atoms with Crippen molar-refractivity contribution in [1.82, 2.24) is 15.5 Å². The Morgan fingerprint density at radius 2 is 1.95 bits per heavy atom. The smallest absolute Gasteiger partial charge is 0.414 e. The predicted molar refractivity (Wildman–Crippen MR) is 147 cm³/mol. The van der Waals surface area contributed by atoms with Gasteiger partial charge < -0.3 is 26.2 Å². The van der Waals surface area contributed by atoms with E-state index in [1.165, 1.54) is 34.6 Å². The second-order valence-corrected chi connectivity index (χ2v) is 11.0. The highest BCUT2D eigenvalue weighted by atomic mass is 32.2. The van der Waals surface area contributed by atoms with E-state index in [1.807, 2.05) is 0 Å². The Hall–Kier alpha value is -4.50. The molecule has 5 N–H and O–H groups in total. The van der Waals surface area contributed by atoms with Crippen molar-refractivity contribution in [2.45, 2.75) is 31.0 Å². The third-order valence-electron chi connectivity index (χ3n) is 7.04. The van der Waals surface area contributed by atoms with Crippen molar-refractivity contribution in [3.63, 3.8) is 0 Å². The van der Waals surface area contributed by atoms with Gasteiger partial charge in [0.05, 0.1) is 25.3 Å². The van der Waals surface area contributed by atoms with Gasteiger partial charge in [0, 0.05) is 35.9 Å². The molecule has 1 aromatic carbocycles. The largest absolute Gasteiger partial charge is 0.477 e. The van der Waals surface area contributed by atoms with Gasteiger partial charge in [0.15, 0.2) is 18.9 Å². The quantitative estimate of drug-likeness (QED) is 0.227. The standard InChI is InChI=1S/C27H27FN6O7S/c1-14(35)30-10-18-12-33(27(40)41-18)17-2-3-19(20(28)8-17)15-4-6-32(7-5-15)11-16-13-42-25-22(31-21(36)9-29)24(37)34(25)23(16)26(38)39/h2-8,18,22,25H,9-13,29H2,1H3,(H2-,30,31,35,36,38,39)/p+1/t18-,22+,25?/m0/s1. The molecule has 15 heteroatoms. The van der Waals surface area contributed by atoms with E-state index in [1.54, 1.807) is 41.2 Å². The van der Waals surface area contributed by atoms with Crippen molar-refractivity contribution in [3.8, 4) is 11.1 Å². The lowest BCUT2D eigenvalue weighted by Crippen LogP contribution is -2.71. The van der Waals surface area contributed by atoms with Gasteiger partial charge in [-0.05, 0) is 23.8 Å². The Kier molecular flexibility index (Phi) is 8.13. The molecule has 0 bridgehead atoms. The number of β-lactam (4-membered cyclic amide) rings is 1. The molecular weight excluding hydrogens is 571 g/mol.